The quantitative estimate of drug-likeness (QED) is 0.582. The summed E-state index contributed by atoms with van der Waals surface area (Å²) in [5.41, 5.74) is 2.40. The molecule has 1 aliphatic heterocycles. The van der Waals surface area contributed by atoms with Crippen LogP contribution in [-0.2, 0) is 20.8 Å². The highest BCUT2D eigenvalue weighted by Crippen LogP contribution is 2.39. The molecule has 4 rings (SSSR count). The fourth-order valence-corrected chi connectivity index (χ4v) is 5.95. The van der Waals surface area contributed by atoms with Crippen molar-refractivity contribution in [3.8, 4) is 0 Å². The van der Waals surface area contributed by atoms with E-state index in [-0.39, 0.29) is 29.6 Å². The third-order valence-corrected chi connectivity index (χ3v) is 7.92. The maximum absolute atomic E-state index is 13.2. The van der Waals surface area contributed by atoms with Gasteiger partial charge in [0.2, 0.25) is 17.7 Å². The average Bonchev–Trinajstić information content (AvgIpc) is 3.33. The number of thioether (sulfide) groups is 1. The summed E-state index contributed by atoms with van der Waals surface area (Å²) in [5.74, 6) is -0.458. The van der Waals surface area contributed by atoms with Crippen molar-refractivity contribution in [1.29, 1.82) is 0 Å². The number of fused-ring (bicyclic) bond motifs is 1. The molecular weight excluding hydrogens is 442 g/mol. The van der Waals surface area contributed by atoms with Gasteiger partial charge in [0, 0.05) is 17.5 Å². The predicted octanol–water partition coefficient (Wildman–Crippen LogP) is 4.28. The van der Waals surface area contributed by atoms with Crippen LogP contribution in [0.5, 0.6) is 0 Å². The zero-order valence-electron chi connectivity index (χ0n) is 18.5. The van der Waals surface area contributed by atoms with E-state index in [1.807, 2.05) is 6.26 Å². The Kier molecular flexibility index (Phi) is 7.30. The van der Waals surface area contributed by atoms with Crippen LogP contribution < -0.4 is 5.32 Å². The first-order chi connectivity index (χ1) is 15.5. The third kappa shape index (κ3) is 4.91. The van der Waals surface area contributed by atoms with Gasteiger partial charge in [0.15, 0.2) is 5.13 Å². The normalized spacial score (nSPS) is 21.5. The number of benzene rings is 1. The fraction of sp³-hybridized carbons (Fsp3) is 0.500. The Balaban J connectivity index is 1.46. The van der Waals surface area contributed by atoms with Crippen LogP contribution in [-0.4, -0.2) is 45.7 Å². The largest absolute Gasteiger partial charge is 0.300 e. The van der Waals surface area contributed by atoms with Gasteiger partial charge in [-0.05, 0) is 43.8 Å². The third-order valence-electron chi connectivity index (χ3n) is 6.37. The molecular formula is C24H29N3O3S2. The highest BCUT2D eigenvalue weighted by molar-refractivity contribution is 7.98. The molecule has 2 heterocycles. The zero-order valence-corrected chi connectivity index (χ0v) is 20.1. The molecule has 2 aromatic rings. The van der Waals surface area contributed by atoms with Gasteiger partial charge < -0.3 is 5.32 Å². The molecule has 3 unspecified atom stereocenters. The van der Waals surface area contributed by atoms with Gasteiger partial charge in [-0.25, -0.2) is 4.98 Å². The standard InChI is InChI=1S/C24H29N3O3S2/c1-15-7-9-16(10-8-15)13-17-14-25-24(32-17)26-21(28)20(11-12-31-2)27-22(29)18-5-3-4-6-19(18)23(27)30/h7-10,14,18-20H,3-6,11-13H2,1-2H3,(H,25,26,28). The molecule has 3 amide bonds. The van der Waals surface area contributed by atoms with Crippen molar-refractivity contribution in [2.24, 2.45) is 11.8 Å². The molecule has 1 saturated carbocycles. The SMILES string of the molecule is CSCCC(C(=O)Nc1ncc(Cc2ccc(C)cc2)s1)N1C(=O)C2CCCCC2C1=O. The van der Waals surface area contributed by atoms with Gasteiger partial charge in [0.05, 0.1) is 11.8 Å². The van der Waals surface area contributed by atoms with Crippen LogP contribution in [0.3, 0.4) is 0 Å². The van der Waals surface area contributed by atoms with Crippen LogP contribution in [0.25, 0.3) is 0 Å². The monoisotopic (exact) mass is 471 g/mol. The first kappa shape index (κ1) is 23.0. The van der Waals surface area contributed by atoms with E-state index in [1.54, 1.807) is 18.0 Å². The second-order valence-corrected chi connectivity index (χ2v) is 10.7. The Labute approximate surface area is 197 Å². The van der Waals surface area contributed by atoms with Crippen LogP contribution in [0.2, 0.25) is 0 Å². The van der Waals surface area contributed by atoms with Crippen LogP contribution >= 0.6 is 23.1 Å². The molecule has 1 aromatic carbocycles. The molecule has 3 atom stereocenters. The number of rotatable bonds is 8. The Morgan fingerprint density at radius 1 is 1.19 bits per heavy atom. The number of aryl methyl sites for hydroxylation is 1. The number of likely N-dealkylation sites (tertiary alicyclic amines) is 1. The minimum Gasteiger partial charge on any atom is -0.300 e. The van der Waals surface area contributed by atoms with Crippen molar-refractivity contribution < 1.29 is 14.4 Å². The molecule has 0 bridgehead atoms. The predicted molar refractivity (Wildman–Crippen MR) is 129 cm³/mol. The molecule has 1 aliphatic carbocycles. The van der Waals surface area contributed by atoms with E-state index in [0.717, 1.165) is 37.0 Å². The minimum absolute atomic E-state index is 0.167. The molecule has 1 aromatic heterocycles. The number of carbonyl (C=O) groups is 3. The molecule has 1 N–H and O–H groups in total. The van der Waals surface area contributed by atoms with Gasteiger partial charge in [0.25, 0.3) is 0 Å². The molecule has 8 heteroatoms. The van der Waals surface area contributed by atoms with E-state index in [1.165, 1.54) is 27.4 Å². The van der Waals surface area contributed by atoms with Gasteiger partial charge in [0.1, 0.15) is 6.04 Å². The van der Waals surface area contributed by atoms with Gasteiger partial charge in [-0.2, -0.15) is 11.8 Å². The lowest BCUT2D eigenvalue weighted by Crippen LogP contribution is -2.48. The smallest absolute Gasteiger partial charge is 0.249 e. The van der Waals surface area contributed by atoms with Crippen LogP contribution in [0.15, 0.2) is 30.5 Å². The highest BCUT2D eigenvalue weighted by atomic mass is 32.2. The Hall–Kier alpha value is -2.19. The van der Waals surface area contributed by atoms with E-state index >= 15 is 0 Å². The van der Waals surface area contributed by atoms with Crippen molar-refractivity contribution in [3.63, 3.8) is 0 Å². The molecule has 1 saturated heterocycles. The Morgan fingerprint density at radius 2 is 1.84 bits per heavy atom. The van der Waals surface area contributed by atoms with E-state index in [2.05, 4.69) is 41.5 Å². The lowest BCUT2D eigenvalue weighted by Gasteiger charge is -2.25. The summed E-state index contributed by atoms with van der Waals surface area (Å²) in [4.78, 5) is 46.0. The Bertz CT molecular complexity index is 965. The van der Waals surface area contributed by atoms with Crippen molar-refractivity contribution in [2.75, 3.05) is 17.3 Å². The van der Waals surface area contributed by atoms with Crippen LogP contribution in [0, 0.1) is 18.8 Å². The molecule has 32 heavy (non-hydrogen) atoms. The number of anilines is 1. The first-order valence-electron chi connectivity index (χ1n) is 11.1. The van der Waals surface area contributed by atoms with Gasteiger partial charge in [-0.15, -0.1) is 11.3 Å². The van der Waals surface area contributed by atoms with E-state index < -0.39 is 6.04 Å². The number of nitrogens with one attached hydrogen (secondary N) is 1. The van der Waals surface area contributed by atoms with E-state index in [9.17, 15) is 14.4 Å². The molecule has 6 nitrogen and oxygen atoms in total. The van der Waals surface area contributed by atoms with Gasteiger partial charge in [-0.1, -0.05) is 42.7 Å². The molecule has 2 aliphatic rings. The maximum atomic E-state index is 13.2. The van der Waals surface area contributed by atoms with Crippen molar-refractivity contribution in [3.05, 3.63) is 46.5 Å². The van der Waals surface area contributed by atoms with E-state index in [4.69, 9.17) is 0 Å². The number of nitrogens with zero attached hydrogens (tertiary/aromatic N) is 2. The number of imide groups is 1. The van der Waals surface area contributed by atoms with E-state index in [0.29, 0.717) is 17.3 Å². The second-order valence-electron chi connectivity index (χ2n) is 8.62. The molecule has 170 valence electrons. The summed E-state index contributed by atoms with van der Waals surface area (Å²) in [6.45, 7) is 2.06. The summed E-state index contributed by atoms with van der Waals surface area (Å²) in [6, 6.07) is 7.57. The summed E-state index contributed by atoms with van der Waals surface area (Å²) >= 11 is 3.03. The summed E-state index contributed by atoms with van der Waals surface area (Å²) < 4.78 is 0. The Morgan fingerprint density at radius 3 is 2.47 bits per heavy atom. The number of thiazole rings is 1. The number of hydrogen-bond donors (Lipinski definition) is 1. The number of aromatic nitrogens is 1. The van der Waals surface area contributed by atoms with Crippen LogP contribution in [0.4, 0.5) is 5.13 Å². The lowest BCUT2D eigenvalue weighted by atomic mass is 9.81. The second kappa shape index (κ2) is 10.2. The van der Waals surface area contributed by atoms with Gasteiger partial charge >= 0.3 is 0 Å². The molecule has 0 spiro atoms. The maximum Gasteiger partial charge on any atom is 0.249 e. The number of hydrogen-bond acceptors (Lipinski definition) is 6. The average molecular weight is 472 g/mol. The topological polar surface area (TPSA) is 79.4 Å². The number of amides is 3. The summed E-state index contributed by atoms with van der Waals surface area (Å²) in [6.07, 6.45) is 8.37. The minimum atomic E-state index is -0.780. The summed E-state index contributed by atoms with van der Waals surface area (Å²) in [5, 5.41) is 3.38. The van der Waals surface area contributed by atoms with Crippen molar-refractivity contribution in [1.82, 2.24) is 9.88 Å². The van der Waals surface area contributed by atoms with Gasteiger partial charge in [-0.3, -0.25) is 19.3 Å². The summed E-state index contributed by atoms with van der Waals surface area (Å²) in [7, 11) is 0. The first-order valence-corrected chi connectivity index (χ1v) is 13.4. The zero-order chi connectivity index (χ0) is 22.7. The fourth-order valence-electron chi connectivity index (χ4n) is 4.64. The highest BCUT2D eigenvalue weighted by Gasteiger charge is 2.51. The molecule has 0 radical (unpaired) electrons. The molecule has 2 fully saturated rings. The van der Waals surface area contributed by atoms with Crippen LogP contribution in [0.1, 0.15) is 48.1 Å². The lowest BCUT2D eigenvalue weighted by molar-refractivity contribution is -0.146. The van der Waals surface area contributed by atoms with Crippen molar-refractivity contribution in [2.45, 2.75) is 51.5 Å². The number of carbonyl (C=O) groups excluding carboxylic acids is 3. The van der Waals surface area contributed by atoms with Crippen molar-refractivity contribution >= 4 is 46.0 Å².